The first-order chi connectivity index (χ1) is 12.7. The molecule has 1 unspecified atom stereocenters. The molecule has 1 fully saturated rings. The number of benzene rings is 1. The van der Waals surface area contributed by atoms with E-state index in [1.165, 1.54) is 12.1 Å². The largest absolute Gasteiger partial charge is 0.416 e. The quantitative estimate of drug-likeness (QED) is 0.623. The van der Waals surface area contributed by atoms with Crippen LogP contribution in [-0.4, -0.2) is 80.6 Å². The van der Waals surface area contributed by atoms with Gasteiger partial charge >= 0.3 is 6.18 Å². The summed E-state index contributed by atoms with van der Waals surface area (Å²) in [7, 11) is 6.13. The van der Waals surface area contributed by atoms with Gasteiger partial charge in [0.25, 0.3) is 0 Å². The minimum Gasteiger partial charge on any atom is -0.357 e. The second-order valence-electron chi connectivity index (χ2n) is 7.14. The van der Waals surface area contributed by atoms with Gasteiger partial charge in [0.1, 0.15) is 0 Å². The monoisotopic (exact) mass is 385 g/mol. The molecular weight excluding hydrogens is 355 g/mol. The van der Waals surface area contributed by atoms with E-state index in [1.54, 1.807) is 0 Å². The molecule has 0 aromatic heterocycles. The molecule has 0 amide bonds. The van der Waals surface area contributed by atoms with Gasteiger partial charge in [-0.1, -0.05) is 12.1 Å². The van der Waals surface area contributed by atoms with Gasteiger partial charge in [-0.3, -0.25) is 9.89 Å². The highest BCUT2D eigenvalue weighted by Crippen LogP contribution is 2.29. The Bertz CT molecular complexity index is 615. The highest BCUT2D eigenvalue weighted by Gasteiger charge is 2.30. The maximum atomic E-state index is 12.7. The summed E-state index contributed by atoms with van der Waals surface area (Å²) in [5.41, 5.74) is 0.185. The van der Waals surface area contributed by atoms with Crippen molar-refractivity contribution >= 4 is 5.96 Å². The molecule has 1 aromatic carbocycles. The summed E-state index contributed by atoms with van der Waals surface area (Å²) in [5, 5.41) is 3.27. The van der Waals surface area contributed by atoms with E-state index in [-0.39, 0.29) is 0 Å². The Morgan fingerprint density at radius 3 is 2.48 bits per heavy atom. The van der Waals surface area contributed by atoms with Gasteiger partial charge in [-0.25, -0.2) is 0 Å². The fraction of sp³-hybridized carbons (Fsp3) is 0.632. The van der Waals surface area contributed by atoms with Crippen LogP contribution >= 0.6 is 0 Å². The third kappa shape index (κ3) is 6.39. The number of rotatable bonds is 5. The maximum absolute atomic E-state index is 12.7. The van der Waals surface area contributed by atoms with Gasteiger partial charge in [0, 0.05) is 45.8 Å². The number of halogens is 3. The topological polar surface area (TPSA) is 34.1 Å². The predicted molar refractivity (Wildman–Crippen MR) is 103 cm³/mol. The molecule has 1 heterocycles. The second-order valence-corrected chi connectivity index (χ2v) is 7.14. The van der Waals surface area contributed by atoms with Crippen molar-refractivity contribution in [2.24, 2.45) is 4.99 Å². The molecule has 1 N–H and O–H groups in total. The molecule has 0 aliphatic carbocycles. The number of piperazine rings is 1. The van der Waals surface area contributed by atoms with E-state index in [9.17, 15) is 13.2 Å². The standard InChI is InChI=1S/C19H30F3N5/c1-5-23-18(24-12-17-14-25(2)10-11-26(17)3)27(4)13-15-6-8-16(9-7-15)19(20,21)22/h6-9,17H,5,10-14H2,1-4H3,(H,23,24). The fourth-order valence-electron chi connectivity index (χ4n) is 3.11. The summed E-state index contributed by atoms with van der Waals surface area (Å²) in [5.74, 6) is 0.763. The van der Waals surface area contributed by atoms with E-state index in [0.717, 1.165) is 49.8 Å². The summed E-state index contributed by atoms with van der Waals surface area (Å²) < 4.78 is 38.1. The number of hydrogen-bond acceptors (Lipinski definition) is 3. The number of alkyl halides is 3. The first kappa shape index (κ1) is 21.5. The zero-order chi connectivity index (χ0) is 20.0. The van der Waals surface area contributed by atoms with Crippen molar-refractivity contribution in [3.63, 3.8) is 0 Å². The summed E-state index contributed by atoms with van der Waals surface area (Å²) in [6.07, 6.45) is -4.31. The number of likely N-dealkylation sites (N-methyl/N-ethyl adjacent to an activating group) is 2. The Morgan fingerprint density at radius 1 is 1.22 bits per heavy atom. The minimum atomic E-state index is -4.31. The lowest BCUT2D eigenvalue weighted by atomic mass is 10.1. The van der Waals surface area contributed by atoms with E-state index in [1.807, 2.05) is 18.9 Å². The molecule has 1 aliphatic heterocycles. The Kier molecular flexibility index (Phi) is 7.49. The van der Waals surface area contributed by atoms with Crippen LogP contribution in [0.3, 0.4) is 0 Å². The van der Waals surface area contributed by atoms with Crippen LogP contribution in [0, 0.1) is 0 Å². The van der Waals surface area contributed by atoms with Crippen molar-refractivity contribution in [2.45, 2.75) is 25.7 Å². The average molecular weight is 385 g/mol. The number of aliphatic imine (C=N–C) groups is 1. The summed E-state index contributed by atoms with van der Waals surface area (Å²) >= 11 is 0. The normalized spacial score (nSPS) is 20.0. The summed E-state index contributed by atoms with van der Waals surface area (Å²) in [4.78, 5) is 11.3. The van der Waals surface area contributed by atoms with Gasteiger partial charge in [-0.2, -0.15) is 13.2 Å². The fourth-order valence-corrected chi connectivity index (χ4v) is 3.11. The Balaban J connectivity index is 2.02. The van der Waals surface area contributed by atoms with E-state index >= 15 is 0 Å². The van der Waals surface area contributed by atoms with Gasteiger partial charge in [0.05, 0.1) is 12.1 Å². The molecular formula is C19H30F3N5. The van der Waals surface area contributed by atoms with E-state index in [4.69, 9.17) is 4.99 Å². The molecule has 0 spiro atoms. The lowest BCUT2D eigenvalue weighted by molar-refractivity contribution is -0.137. The second kappa shape index (κ2) is 9.41. The molecule has 0 bridgehead atoms. The number of hydrogen-bond donors (Lipinski definition) is 1. The predicted octanol–water partition coefficient (Wildman–Crippen LogP) is 2.35. The lowest BCUT2D eigenvalue weighted by Crippen LogP contribution is -2.51. The van der Waals surface area contributed by atoms with Crippen LogP contribution in [0.2, 0.25) is 0 Å². The van der Waals surface area contributed by atoms with Crippen LogP contribution in [-0.2, 0) is 12.7 Å². The van der Waals surface area contributed by atoms with Crippen molar-refractivity contribution < 1.29 is 13.2 Å². The molecule has 27 heavy (non-hydrogen) atoms. The van der Waals surface area contributed by atoms with E-state index < -0.39 is 11.7 Å². The van der Waals surface area contributed by atoms with Gasteiger partial charge in [0.15, 0.2) is 5.96 Å². The molecule has 2 rings (SSSR count). The number of nitrogens with one attached hydrogen (secondary N) is 1. The molecule has 152 valence electrons. The van der Waals surface area contributed by atoms with Gasteiger partial charge < -0.3 is 15.1 Å². The molecule has 1 aromatic rings. The van der Waals surface area contributed by atoms with Gasteiger partial charge in [0.2, 0.25) is 0 Å². The number of guanidine groups is 1. The molecule has 0 radical (unpaired) electrons. The van der Waals surface area contributed by atoms with Crippen LogP contribution in [0.1, 0.15) is 18.1 Å². The third-order valence-electron chi connectivity index (χ3n) is 4.83. The maximum Gasteiger partial charge on any atom is 0.416 e. The first-order valence-electron chi connectivity index (χ1n) is 9.25. The third-order valence-corrected chi connectivity index (χ3v) is 4.83. The summed E-state index contributed by atoms with van der Waals surface area (Å²) in [6, 6.07) is 5.65. The highest BCUT2D eigenvalue weighted by molar-refractivity contribution is 5.79. The van der Waals surface area contributed by atoms with Gasteiger partial charge in [-0.05, 0) is 38.7 Å². The van der Waals surface area contributed by atoms with Crippen LogP contribution in [0.15, 0.2) is 29.3 Å². The van der Waals surface area contributed by atoms with Crippen molar-refractivity contribution in [3.8, 4) is 0 Å². The highest BCUT2D eigenvalue weighted by atomic mass is 19.4. The van der Waals surface area contributed by atoms with Crippen LogP contribution in [0.5, 0.6) is 0 Å². The molecule has 5 nitrogen and oxygen atoms in total. The van der Waals surface area contributed by atoms with Crippen LogP contribution in [0.25, 0.3) is 0 Å². The van der Waals surface area contributed by atoms with Crippen molar-refractivity contribution in [3.05, 3.63) is 35.4 Å². The molecule has 0 saturated carbocycles. The molecule has 1 saturated heterocycles. The molecule has 8 heteroatoms. The molecule has 1 atom stereocenters. The van der Waals surface area contributed by atoms with E-state index in [0.29, 0.717) is 19.1 Å². The van der Waals surface area contributed by atoms with Crippen LogP contribution < -0.4 is 5.32 Å². The molecule has 1 aliphatic rings. The average Bonchev–Trinajstić information content (AvgIpc) is 2.61. The smallest absolute Gasteiger partial charge is 0.357 e. The van der Waals surface area contributed by atoms with E-state index in [2.05, 4.69) is 29.2 Å². The number of nitrogens with zero attached hydrogens (tertiary/aromatic N) is 4. The van der Waals surface area contributed by atoms with Crippen molar-refractivity contribution in [1.82, 2.24) is 20.0 Å². The first-order valence-corrected chi connectivity index (χ1v) is 9.25. The zero-order valence-corrected chi connectivity index (χ0v) is 16.6. The lowest BCUT2D eigenvalue weighted by Gasteiger charge is -2.37. The Hall–Kier alpha value is -1.80. The summed E-state index contributed by atoms with van der Waals surface area (Å²) in [6.45, 7) is 6.96. The minimum absolute atomic E-state index is 0.358. The Morgan fingerprint density at radius 2 is 1.89 bits per heavy atom. The van der Waals surface area contributed by atoms with Crippen LogP contribution in [0.4, 0.5) is 13.2 Å². The SMILES string of the molecule is CCNC(=NCC1CN(C)CCN1C)N(C)Cc1ccc(C(F)(F)F)cc1. The Labute approximate surface area is 159 Å². The zero-order valence-electron chi connectivity index (χ0n) is 16.6. The van der Waals surface area contributed by atoms with Gasteiger partial charge in [-0.15, -0.1) is 0 Å². The van der Waals surface area contributed by atoms with Crippen molar-refractivity contribution in [2.75, 3.05) is 53.9 Å². The van der Waals surface area contributed by atoms with Crippen molar-refractivity contribution in [1.29, 1.82) is 0 Å².